The second-order valence-corrected chi connectivity index (χ2v) is 8.21. The van der Waals surface area contributed by atoms with E-state index in [0.29, 0.717) is 0 Å². The Morgan fingerprint density at radius 1 is 1.10 bits per heavy atom. The Balaban J connectivity index is 1.55. The number of hydrogen-bond acceptors (Lipinski definition) is 6. The molecule has 2 aromatic rings. The van der Waals surface area contributed by atoms with Crippen LogP contribution in [0.25, 0.3) is 0 Å². The van der Waals surface area contributed by atoms with Crippen molar-refractivity contribution in [1.29, 1.82) is 0 Å². The lowest BCUT2D eigenvalue weighted by molar-refractivity contribution is -0.127. The maximum Gasteiger partial charge on any atom is 0.243 e. The molecule has 0 radical (unpaired) electrons. The first-order valence-corrected chi connectivity index (χ1v) is 11.1. The molecule has 1 aromatic heterocycles. The summed E-state index contributed by atoms with van der Waals surface area (Å²) in [5, 5.41) is 3.44. The van der Waals surface area contributed by atoms with Crippen molar-refractivity contribution in [1.82, 2.24) is 25.1 Å². The maximum atomic E-state index is 12.0. The van der Waals surface area contributed by atoms with Gasteiger partial charge < -0.3 is 20.0 Å². The largest absolute Gasteiger partial charge is 0.355 e. The Hall–Kier alpha value is -2.81. The topological polar surface area (TPSA) is 77.0 Å². The molecule has 0 spiro atoms. The van der Waals surface area contributed by atoms with Crippen LogP contribution in [0, 0.1) is 0 Å². The van der Waals surface area contributed by atoms with Crippen LogP contribution in [-0.2, 0) is 4.79 Å². The standard InChI is InChI=1S/C21H29N7OS/c1-26(2)19(29)17-25-21(24-11-16-30-18-7-4-3-5-8-18)28-14-12-27(13-15-28)20-22-9-6-10-23-20/h3-10H,11-17H2,1-2H3,(H,24,25). The quantitative estimate of drug-likeness (QED) is 0.310. The fourth-order valence-electron chi connectivity index (χ4n) is 2.97. The van der Waals surface area contributed by atoms with Crippen molar-refractivity contribution in [3.05, 3.63) is 48.8 Å². The van der Waals surface area contributed by atoms with Crippen LogP contribution in [0.1, 0.15) is 0 Å². The summed E-state index contributed by atoms with van der Waals surface area (Å²) in [6, 6.07) is 12.2. The number of carbonyl (C=O) groups excluding carboxylic acids is 1. The van der Waals surface area contributed by atoms with Crippen LogP contribution in [0.3, 0.4) is 0 Å². The zero-order valence-corrected chi connectivity index (χ0v) is 18.4. The van der Waals surface area contributed by atoms with E-state index in [4.69, 9.17) is 0 Å². The van der Waals surface area contributed by atoms with Gasteiger partial charge in [0.1, 0.15) is 6.54 Å². The highest BCUT2D eigenvalue weighted by Crippen LogP contribution is 2.16. The number of nitrogens with zero attached hydrogens (tertiary/aromatic N) is 6. The lowest BCUT2D eigenvalue weighted by Crippen LogP contribution is -2.53. The molecule has 1 amide bonds. The number of amides is 1. The van der Waals surface area contributed by atoms with Crippen molar-refractivity contribution in [2.75, 3.05) is 64.0 Å². The molecule has 8 nitrogen and oxygen atoms in total. The monoisotopic (exact) mass is 427 g/mol. The number of aliphatic imine (C=N–C) groups is 1. The van der Waals surface area contributed by atoms with Gasteiger partial charge in [-0.2, -0.15) is 0 Å². The number of hydrogen-bond donors (Lipinski definition) is 1. The molecule has 1 aliphatic heterocycles. The number of anilines is 1. The van der Waals surface area contributed by atoms with E-state index in [1.165, 1.54) is 4.90 Å². The summed E-state index contributed by atoms with van der Waals surface area (Å²) in [5.41, 5.74) is 0. The van der Waals surface area contributed by atoms with E-state index in [9.17, 15) is 4.79 Å². The molecular formula is C21H29N7OS. The number of nitrogens with one attached hydrogen (secondary N) is 1. The average Bonchev–Trinajstić information content (AvgIpc) is 2.79. The molecule has 9 heteroatoms. The minimum absolute atomic E-state index is 0.00992. The van der Waals surface area contributed by atoms with Crippen molar-refractivity contribution in [2.45, 2.75) is 4.90 Å². The van der Waals surface area contributed by atoms with Crippen molar-refractivity contribution in [2.24, 2.45) is 4.99 Å². The van der Waals surface area contributed by atoms with Crippen molar-refractivity contribution in [3.63, 3.8) is 0 Å². The predicted molar refractivity (Wildman–Crippen MR) is 122 cm³/mol. The lowest BCUT2D eigenvalue weighted by Gasteiger charge is -2.36. The Labute approximate surface area is 182 Å². The molecule has 1 saturated heterocycles. The Bertz CT molecular complexity index is 809. The number of likely N-dealkylation sites (N-methyl/N-ethyl adjacent to an activating group) is 1. The molecular weight excluding hydrogens is 398 g/mol. The SMILES string of the molecule is CN(C)C(=O)CN=C(NCCSc1ccccc1)N1CCN(c2ncccn2)CC1. The van der Waals surface area contributed by atoms with Gasteiger partial charge in [-0.1, -0.05) is 18.2 Å². The summed E-state index contributed by atoms with van der Waals surface area (Å²) in [6.07, 6.45) is 3.53. The van der Waals surface area contributed by atoms with Gasteiger partial charge in [-0.15, -0.1) is 11.8 Å². The van der Waals surface area contributed by atoms with Crippen molar-refractivity contribution in [3.8, 4) is 0 Å². The van der Waals surface area contributed by atoms with Gasteiger partial charge in [0.2, 0.25) is 11.9 Å². The Morgan fingerprint density at radius 3 is 2.47 bits per heavy atom. The van der Waals surface area contributed by atoms with Gasteiger partial charge in [0.25, 0.3) is 0 Å². The minimum Gasteiger partial charge on any atom is -0.355 e. The van der Waals surface area contributed by atoms with Crippen LogP contribution in [0.15, 0.2) is 58.7 Å². The first kappa shape index (κ1) is 21.9. The lowest BCUT2D eigenvalue weighted by atomic mass is 10.3. The second kappa shape index (κ2) is 11.4. The van der Waals surface area contributed by atoms with Crippen molar-refractivity contribution < 1.29 is 4.79 Å². The number of piperazine rings is 1. The number of guanidine groups is 1. The molecule has 2 heterocycles. The number of benzene rings is 1. The van der Waals surface area contributed by atoms with E-state index in [1.54, 1.807) is 43.2 Å². The minimum atomic E-state index is -0.00992. The van der Waals surface area contributed by atoms with Gasteiger partial charge in [0, 0.05) is 69.9 Å². The number of aromatic nitrogens is 2. The first-order chi connectivity index (χ1) is 14.6. The molecule has 0 bridgehead atoms. The van der Waals surface area contributed by atoms with E-state index in [-0.39, 0.29) is 12.5 Å². The molecule has 30 heavy (non-hydrogen) atoms. The van der Waals surface area contributed by atoms with E-state index in [0.717, 1.165) is 50.4 Å². The van der Waals surface area contributed by atoms with Gasteiger partial charge >= 0.3 is 0 Å². The summed E-state index contributed by atoms with van der Waals surface area (Å²) in [5.74, 6) is 2.45. The fourth-order valence-corrected chi connectivity index (χ4v) is 3.76. The molecule has 1 aliphatic rings. The highest BCUT2D eigenvalue weighted by Gasteiger charge is 2.21. The summed E-state index contributed by atoms with van der Waals surface area (Å²) in [7, 11) is 3.50. The third kappa shape index (κ3) is 6.62. The number of rotatable bonds is 7. The summed E-state index contributed by atoms with van der Waals surface area (Å²) in [6.45, 7) is 4.13. The van der Waals surface area contributed by atoms with Gasteiger partial charge in [0.05, 0.1) is 0 Å². The maximum absolute atomic E-state index is 12.0. The van der Waals surface area contributed by atoms with Crippen LogP contribution in [0.5, 0.6) is 0 Å². The summed E-state index contributed by atoms with van der Waals surface area (Å²) >= 11 is 1.80. The summed E-state index contributed by atoms with van der Waals surface area (Å²) < 4.78 is 0. The van der Waals surface area contributed by atoms with E-state index < -0.39 is 0 Å². The third-order valence-electron chi connectivity index (χ3n) is 4.67. The molecule has 1 N–H and O–H groups in total. The van der Waals surface area contributed by atoms with Crippen molar-refractivity contribution >= 4 is 29.6 Å². The van der Waals surface area contributed by atoms with Crippen LogP contribution in [-0.4, -0.2) is 90.8 Å². The fraction of sp³-hybridized carbons (Fsp3) is 0.429. The number of carbonyl (C=O) groups is 1. The molecule has 0 saturated carbocycles. The van der Waals surface area contributed by atoms with Crippen LogP contribution in [0.2, 0.25) is 0 Å². The zero-order valence-electron chi connectivity index (χ0n) is 17.6. The van der Waals surface area contributed by atoms with Gasteiger partial charge in [-0.25, -0.2) is 15.0 Å². The van der Waals surface area contributed by atoms with Crippen LogP contribution >= 0.6 is 11.8 Å². The Morgan fingerprint density at radius 2 is 1.80 bits per heavy atom. The van der Waals surface area contributed by atoms with Gasteiger partial charge in [0.15, 0.2) is 5.96 Å². The predicted octanol–water partition coefficient (Wildman–Crippen LogP) is 1.42. The smallest absolute Gasteiger partial charge is 0.243 e. The van der Waals surface area contributed by atoms with Crippen LogP contribution in [0.4, 0.5) is 5.95 Å². The molecule has 3 rings (SSSR count). The highest BCUT2D eigenvalue weighted by molar-refractivity contribution is 7.99. The van der Waals surface area contributed by atoms with E-state index in [1.807, 2.05) is 24.3 Å². The summed E-state index contributed by atoms with van der Waals surface area (Å²) in [4.78, 5) is 32.5. The van der Waals surface area contributed by atoms with E-state index >= 15 is 0 Å². The first-order valence-electron chi connectivity index (χ1n) is 10.1. The molecule has 1 fully saturated rings. The highest BCUT2D eigenvalue weighted by atomic mass is 32.2. The normalized spacial score (nSPS) is 14.5. The van der Waals surface area contributed by atoms with Gasteiger partial charge in [-0.05, 0) is 18.2 Å². The van der Waals surface area contributed by atoms with Gasteiger partial charge in [-0.3, -0.25) is 4.79 Å². The molecule has 1 aromatic carbocycles. The van der Waals surface area contributed by atoms with E-state index in [2.05, 4.69) is 42.2 Å². The number of thioether (sulfide) groups is 1. The third-order valence-corrected chi connectivity index (χ3v) is 5.69. The molecule has 0 atom stereocenters. The second-order valence-electron chi connectivity index (χ2n) is 7.04. The molecule has 160 valence electrons. The van der Waals surface area contributed by atoms with Crippen LogP contribution < -0.4 is 10.2 Å². The molecule has 0 unspecified atom stereocenters. The average molecular weight is 428 g/mol. The Kier molecular flexibility index (Phi) is 8.31. The molecule has 0 aliphatic carbocycles. The zero-order chi connectivity index (χ0) is 21.2.